The minimum atomic E-state index is -0.291. The Labute approximate surface area is 178 Å². The third-order valence-electron chi connectivity index (χ3n) is 3.75. The Hall–Kier alpha value is -3.26. The number of para-hydroxylation sites is 1. The molecule has 3 aromatic rings. The van der Waals surface area contributed by atoms with Crippen LogP contribution in [0.5, 0.6) is 11.5 Å². The van der Waals surface area contributed by atoms with Gasteiger partial charge in [0.25, 0.3) is 5.56 Å². The van der Waals surface area contributed by atoms with Gasteiger partial charge in [0.2, 0.25) is 5.91 Å². The lowest BCUT2D eigenvalue weighted by atomic mass is 10.3. The van der Waals surface area contributed by atoms with Crippen LogP contribution in [-0.2, 0) is 11.4 Å². The third kappa shape index (κ3) is 6.97. The maximum absolute atomic E-state index is 12.2. The number of thioether (sulfide) groups is 1. The second kappa shape index (κ2) is 10.5. The van der Waals surface area contributed by atoms with Crippen LogP contribution in [0.15, 0.2) is 70.6 Å². The van der Waals surface area contributed by atoms with E-state index < -0.39 is 0 Å². The zero-order valence-corrected chi connectivity index (χ0v) is 17.6. The molecule has 30 heavy (non-hydrogen) atoms. The number of nitrogens with one attached hydrogen (secondary N) is 2. The van der Waals surface area contributed by atoms with E-state index in [0.717, 1.165) is 17.5 Å². The molecule has 1 amide bonds. The monoisotopic (exact) mass is 425 g/mol. The van der Waals surface area contributed by atoms with E-state index in [4.69, 9.17) is 9.47 Å². The van der Waals surface area contributed by atoms with Crippen molar-refractivity contribution >= 4 is 23.4 Å². The Morgan fingerprint density at radius 3 is 2.53 bits per heavy atom. The van der Waals surface area contributed by atoms with Crippen molar-refractivity contribution in [3.8, 4) is 11.5 Å². The zero-order chi connectivity index (χ0) is 21.3. The van der Waals surface area contributed by atoms with E-state index in [1.165, 1.54) is 6.07 Å². The van der Waals surface area contributed by atoms with Gasteiger partial charge in [-0.1, -0.05) is 30.0 Å². The first-order chi connectivity index (χ1) is 14.5. The number of amides is 1. The molecule has 2 aromatic carbocycles. The summed E-state index contributed by atoms with van der Waals surface area (Å²) >= 11 is 1.15. The van der Waals surface area contributed by atoms with Gasteiger partial charge in [0.05, 0.1) is 17.6 Å². The van der Waals surface area contributed by atoms with E-state index in [9.17, 15) is 9.59 Å². The van der Waals surface area contributed by atoms with Crippen molar-refractivity contribution in [2.75, 3.05) is 11.1 Å². The van der Waals surface area contributed by atoms with Crippen molar-refractivity contribution in [2.24, 2.45) is 0 Å². The Kier molecular flexibility index (Phi) is 7.51. The number of ether oxygens (including phenoxy) is 2. The van der Waals surface area contributed by atoms with Crippen molar-refractivity contribution in [3.63, 3.8) is 0 Å². The molecule has 0 unspecified atom stereocenters. The lowest BCUT2D eigenvalue weighted by Crippen LogP contribution is -2.16. The smallest absolute Gasteiger partial charge is 0.251 e. The lowest BCUT2D eigenvalue weighted by molar-refractivity contribution is -0.113. The number of carbonyl (C=O) groups is 1. The Balaban J connectivity index is 1.52. The number of H-pyrrole nitrogens is 1. The predicted octanol–water partition coefficient (Wildman–Crippen LogP) is 3.87. The molecule has 0 bridgehead atoms. The lowest BCUT2D eigenvalue weighted by Gasteiger charge is -2.10. The first kappa shape index (κ1) is 21.4. The molecule has 0 saturated carbocycles. The molecule has 7 nitrogen and oxygen atoms in total. The van der Waals surface area contributed by atoms with Gasteiger partial charge in [-0.15, -0.1) is 0 Å². The number of aromatic amines is 1. The highest BCUT2D eigenvalue weighted by molar-refractivity contribution is 7.99. The topological polar surface area (TPSA) is 93.3 Å². The van der Waals surface area contributed by atoms with Gasteiger partial charge in [-0.05, 0) is 50.2 Å². The van der Waals surface area contributed by atoms with Crippen LogP contribution in [0.3, 0.4) is 0 Å². The maximum atomic E-state index is 12.2. The predicted molar refractivity (Wildman–Crippen MR) is 117 cm³/mol. The van der Waals surface area contributed by atoms with Crippen LogP contribution in [0.1, 0.15) is 19.5 Å². The fourth-order valence-electron chi connectivity index (χ4n) is 2.52. The Morgan fingerprint density at radius 1 is 1.10 bits per heavy atom. The summed E-state index contributed by atoms with van der Waals surface area (Å²) in [5, 5.41) is 3.17. The molecule has 0 spiro atoms. The number of nitrogens with zero attached hydrogens (tertiary/aromatic N) is 1. The first-order valence-corrected chi connectivity index (χ1v) is 10.4. The summed E-state index contributed by atoms with van der Waals surface area (Å²) in [6.07, 6.45) is 0.0883. The summed E-state index contributed by atoms with van der Waals surface area (Å²) in [4.78, 5) is 31.1. The van der Waals surface area contributed by atoms with Crippen LogP contribution < -0.4 is 20.3 Å². The molecule has 0 aliphatic rings. The summed E-state index contributed by atoms with van der Waals surface area (Å²) in [5.74, 6) is 1.34. The zero-order valence-electron chi connectivity index (χ0n) is 16.8. The van der Waals surface area contributed by atoms with Crippen molar-refractivity contribution in [2.45, 2.75) is 31.7 Å². The quantitative estimate of drug-likeness (QED) is 0.399. The first-order valence-electron chi connectivity index (χ1n) is 9.45. The van der Waals surface area contributed by atoms with E-state index in [0.29, 0.717) is 22.3 Å². The molecule has 1 heterocycles. The molecule has 1 aromatic heterocycles. The molecule has 2 N–H and O–H groups in total. The fraction of sp³-hybridized carbons (Fsp3) is 0.227. The van der Waals surface area contributed by atoms with Crippen LogP contribution in [0, 0.1) is 0 Å². The number of aromatic nitrogens is 2. The molecular formula is C22H23N3O4S. The Morgan fingerprint density at radius 2 is 1.83 bits per heavy atom. The minimum Gasteiger partial charge on any atom is -0.491 e. The van der Waals surface area contributed by atoms with Gasteiger partial charge >= 0.3 is 0 Å². The average Bonchev–Trinajstić information content (AvgIpc) is 2.72. The number of hydrogen-bond donors (Lipinski definition) is 2. The molecule has 0 aliphatic carbocycles. The third-order valence-corrected chi connectivity index (χ3v) is 4.63. The van der Waals surface area contributed by atoms with Crippen LogP contribution in [0.2, 0.25) is 0 Å². The van der Waals surface area contributed by atoms with Crippen LogP contribution in [0.25, 0.3) is 0 Å². The average molecular weight is 426 g/mol. The van der Waals surface area contributed by atoms with Gasteiger partial charge in [-0.2, -0.15) is 0 Å². The molecule has 0 fully saturated rings. The number of rotatable bonds is 9. The highest BCUT2D eigenvalue weighted by Gasteiger charge is 2.08. The number of hydrogen-bond acceptors (Lipinski definition) is 6. The van der Waals surface area contributed by atoms with Crippen molar-refractivity contribution in [3.05, 3.63) is 76.7 Å². The highest BCUT2D eigenvalue weighted by atomic mass is 32.2. The molecular weight excluding hydrogens is 402 g/mol. The van der Waals surface area contributed by atoms with E-state index in [1.54, 1.807) is 24.3 Å². The normalized spacial score (nSPS) is 10.6. The van der Waals surface area contributed by atoms with Crippen LogP contribution in [0.4, 0.5) is 5.69 Å². The molecule has 156 valence electrons. The van der Waals surface area contributed by atoms with Gasteiger partial charge in [-0.3, -0.25) is 9.59 Å². The molecule has 0 atom stereocenters. The molecule has 3 rings (SSSR count). The summed E-state index contributed by atoms with van der Waals surface area (Å²) in [6, 6.07) is 17.8. The molecule has 8 heteroatoms. The second-order valence-corrected chi connectivity index (χ2v) is 7.64. The van der Waals surface area contributed by atoms with Gasteiger partial charge in [0.15, 0.2) is 5.16 Å². The van der Waals surface area contributed by atoms with Gasteiger partial charge in [0.1, 0.15) is 18.1 Å². The summed E-state index contributed by atoms with van der Waals surface area (Å²) in [5.41, 5.74) is 0.870. The van der Waals surface area contributed by atoms with E-state index in [-0.39, 0.29) is 29.9 Å². The van der Waals surface area contributed by atoms with Gasteiger partial charge in [0, 0.05) is 11.8 Å². The maximum Gasteiger partial charge on any atom is 0.251 e. The SMILES string of the molecule is CC(C)Oc1ccc(NC(=O)CSc2nc(COc3ccccc3)cc(=O)[nH]2)cc1. The number of benzene rings is 2. The van der Waals surface area contributed by atoms with Crippen LogP contribution in [-0.4, -0.2) is 27.7 Å². The molecule has 0 saturated heterocycles. The number of carbonyl (C=O) groups excluding carboxylic acids is 1. The van der Waals surface area contributed by atoms with E-state index in [2.05, 4.69) is 15.3 Å². The minimum absolute atomic E-state index is 0.0883. The Bertz CT molecular complexity index is 1020. The fourth-order valence-corrected chi connectivity index (χ4v) is 3.21. The summed E-state index contributed by atoms with van der Waals surface area (Å²) < 4.78 is 11.2. The van der Waals surface area contributed by atoms with Crippen molar-refractivity contribution in [1.82, 2.24) is 9.97 Å². The molecule has 0 aliphatic heterocycles. The summed E-state index contributed by atoms with van der Waals surface area (Å²) in [7, 11) is 0. The second-order valence-electron chi connectivity index (χ2n) is 6.67. The highest BCUT2D eigenvalue weighted by Crippen LogP contribution is 2.18. The van der Waals surface area contributed by atoms with Gasteiger partial charge in [-0.25, -0.2) is 4.98 Å². The molecule has 0 radical (unpaired) electrons. The van der Waals surface area contributed by atoms with Gasteiger partial charge < -0.3 is 19.8 Å². The van der Waals surface area contributed by atoms with Crippen molar-refractivity contribution in [1.29, 1.82) is 0 Å². The standard InChI is InChI=1S/C22H23N3O4S/c1-15(2)29-19-10-8-16(9-11-19)23-21(27)14-30-22-24-17(12-20(26)25-22)13-28-18-6-4-3-5-7-18/h3-12,15H,13-14H2,1-2H3,(H,23,27)(H,24,25,26). The van der Waals surface area contributed by atoms with Crippen LogP contribution >= 0.6 is 11.8 Å². The van der Waals surface area contributed by atoms with E-state index in [1.807, 2.05) is 44.2 Å². The largest absolute Gasteiger partial charge is 0.491 e. The van der Waals surface area contributed by atoms with E-state index >= 15 is 0 Å². The summed E-state index contributed by atoms with van der Waals surface area (Å²) in [6.45, 7) is 4.07. The van der Waals surface area contributed by atoms with Crippen molar-refractivity contribution < 1.29 is 14.3 Å². The number of anilines is 1.